The van der Waals surface area contributed by atoms with Crippen LogP contribution in [0.25, 0.3) is 0 Å². The van der Waals surface area contributed by atoms with Crippen LogP contribution in [-0.4, -0.2) is 24.9 Å². The summed E-state index contributed by atoms with van der Waals surface area (Å²) in [5.41, 5.74) is 10.6. The maximum Gasteiger partial charge on any atom is 0.573 e. The first-order valence-electron chi connectivity index (χ1n) is 4.92. The summed E-state index contributed by atoms with van der Waals surface area (Å²) in [5, 5.41) is 2.68. The summed E-state index contributed by atoms with van der Waals surface area (Å²) in [6, 6.07) is 4.27. The van der Waals surface area contributed by atoms with Gasteiger partial charge in [0.15, 0.2) is 0 Å². The molecule has 0 aliphatic carbocycles. The Kier molecular flexibility index (Phi) is 4.38. The first kappa shape index (κ1) is 14.1. The van der Waals surface area contributed by atoms with Crippen molar-refractivity contribution < 1.29 is 22.7 Å². The second kappa shape index (κ2) is 5.58. The number of halogens is 3. The lowest BCUT2D eigenvalue weighted by Crippen LogP contribution is -2.41. The van der Waals surface area contributed by atoms with Gasteiger partial charge in [0, 0.05) is 18.3 Å². The topological polar surface area (TPSA) is 90.4 Å². The standard InChI is InChI=1S/C10H12F3N3O2/c11-10(12,13)18-7-3-1-2-6(4-7)16-5-8(14)9(15)17/h1-4,8,16H,5,14H2,(H2,15,17). The average molecular weight is 263 g/mol. The van der Waals surface area contributed by atoms with Crippen molar-refractivity contribution in [3.8, 4) is 5.75 Å². The number of rotatable bonds is 5. The van der Waals surface area contributed by atoms with Crippen LogP contribution in [0.5, 0.6) is 5.75 Å². The van der Waals surface area contributed by atoms with Crippen molar-refractivity contribution in [2.24, 2.45) is 11.5 Å². The summed E-state index contributed by atoms with van der Waals surface area (Å²) in [7, 11) is 0. The minimum Gasteiger partial charge on any atom is -0.406 e. The molecule has 0 saturated heterocycles. The minimum absolute atomic E-state index is 0.0187. The van der Waals surface area contributed by atoms with Gasteiger partial charge in [-0.25, -0.2) is 0 Å². The van der Waals surface area contributed by atoms with Crippen molar-refractivity contribution >= 4 is 11.6 Å². The average Bonchev–Trinajstić information content (AvgIpc) is 2.23. The molecular formula is C10H12F3N3O2. The first-order valence-corrected chi connectivity index (χ1v) is 4.92. The van der Waals surface area contributed by atoms with E-state index in [1.165, 1.54) is 12.1 Å². The molecule has 0 aliphatic rings. The number of benzene rings is 1. The highest BCUT2D eigenvalue weighted by Crippen LogP contribution is 2.24. The number of nitrogens with two attached hydrogens (primary N) is 2. The molecule has 1 unspecified atom stereocenters. The van der Waals surface area contributed by atoms with Gasteiger partial charge in [-0.05, 0) is 12.1 Å². The van der Waals surface area contributed by atoms with Crippen LogP contribution in [0.4, 0.5) is 18.9 Å². The van der Waals surface area contributed by atoms with E-state index in [1.54, 1.807) is 0 Å². The normalized spacial score (nSPS) is 12.9. The highest BCUT2D eigenvalue weighted by atomic mass is 19.4. The van der Waals surface area contributed by atoms with Crippen LogP contribution in [0.15, 0.2) is 24.3 Å². The number of anilines is 1. The Morgan fingerprint density at radius 1 is 1.44 bits per heavy atom. The van der Waals surface area contributed by atoms with Crippen LogP contribution in [0.1, 0.15) is 0 Å². The fraction of sp³-hybridized carbons (Fsp3) is 0.300. The van der Waals surface area contributed by atoms with E-state index in [4.69, 9.17) is 11.5 Å². The number of hydrogen-bond donors (Lipinski definition) is 3. The quantitative estimate of drug-likeness (QED) is 0.733. The number of amides is 1. The van der Waals surface area contributed by atoms with Gasteiger partial charge < -0.3 is 21.5 Å². The molecule has 8 heteroatoms. The molecule has 5 nitrogen and oxygen atoms in total. The molecule has 0 aromatic heterocycles. The van der Waals surface area contributed by atoms with E-state index in [0.717, 1.165) is 12.1 Å². The van der Waals surface area contributed by atoms with Gasteiger partial charge in [-0.1, -0.05) is 6.07 Å². The molecule has 1 rings (SSSR count). The van der Waals surface area contributed by atoms with E-state index in [2.05, 4.69) is 10.1 Å². The van der Waals surface area contributed by atoms with Gasteiger partial charge in [0.1, 0.15) is 11.8 Å². The maximum absolute atomic E-state index is 12.0. The molecule has 1 aromatic rings. The summed E-state index contributed by atoms with van der Waals surface area (Å²) < 4.78 is 39.6. The van der Waals surface area contributed by atoms with E-state index < -0.39 is 18.3 Å². The maximum atomic E-state index is 12.0. The van der Waals surface area contributed by atoms with Crippen molar-refractivity contribution in [3.63, 3.8) is 0 Å². The van der Waals surface area contributed by atoms with Crippen LogP contribution in [-0.2, 0) is 4.79 Å². The Labute approximate surface area is 101 Å². The number of alkyl halides is 3. The number of ether oxygens (including phenoxy) is 1. The van der Waals surface area contributed by atoms with Gasteiger partial charge in [-0.15, -0.1) is 13.2 Å². The van der Waals surface area contributed by atoms with Crippen LogP contribution in [0.3, 0.4) is 0 Å². The zero-order chi connectivity index (χ0) is 13.8. The Hall–Kier alpha value is -1.96. The molecule has 1 aromatic carbocycles. The number of nitrogens with one attached hydrogen (secondary N) is 1. The predicted octanol–water partition coefficient (Wildman–Crippen LogP) is 0.810. The smallest absolute Gasteiger partial charge is 0.406 e. The first-order chi connectivity index (χ1) is 8.28. The molecule has 1 amide bonds. The lowest BCUT2D eigenvalue weighted by molar-refractivity contribution is -0.274. The third-order valence-electron chi connectivity index (χ3n) is 1.96. The van der Waals surface area contributed by atoms with Crippen LogP contribution >= 0.6 is 0 Å². The molecule has 0 aliphatic heterocycles. The SMILES string of the molecule is NC(=O)C(N)CNc1cccc(OC(F)(F)F)c1. The van der Waals surface area contributed by atoms with Gasteiger partial charge in [0.05, 0.1) is 0 Å². The number of carbonyl (C=O) groups excluding carboxylic acids is 1. The van der Waals surface area contributed by atoms with Crippen molar-refractivity contribution in [3.05, 3.63) is 24.3 Å². The fourth-order valence-corrected chi connectivity index (χ4v) is 1.13. The third kappa shape index (κ3) is 4.91. The second-order valence-electron chi connectivity index (χ2n) is 3.47. The molecule has 100 valence electrons. The lowest BCUT2D eigenvalue weighted by atomic mass is 10.2. The van der Waals surface area contributed by atoms with Crippen LogP contribution in [0.2, 0.25) is 0 Å². The van der Waals surface area contributed by atoms with E-state index in [-0.39, 0.29) is 12.3 Å². The van der Waals surface area contributed by atoms with E-state index in [0.29, 0.717) is 5.69 Å². The van der Waals surface area contributed by atoms with Gasteiger partial charge in [-0.2, -0.15) is 0 Å². The monoisotopic (exact) mass is 263 g/mol. The van der Waals surface area contributed by atoms with Gasteiger partial charge >= 0.3 is 6.36 Å². The molecule has 0 bridgehead atoms. The highest BCUT2D eigenvalue weighted by Gasteiger charge is 2.31. The summed E-state index contributed by atoms with van der Waals surface area (Å²) in [6.45, 7) is 0.0187. The molecule has 0 spiro atoms. The molecule has 0 radical (unpaired) electrons. The van der Waals surface area contributed by atoms with Crippen molar-refractivity contribution in [2.45, 2.75) is 12.4 Å². The Bertz CT molecular complexity index is 423. The Balaban J connectivity index is 2.62. The number of hydrogen-bond acceptors (Lipinski definition) is 4. The zero-order valence-corrected chi connectivity index (χ0v) is 9.20. The molecule has 0 heterocycles. The largest absolute Gasteiger partial charge is 0.573 e. The molecule has 0 saturated carbocycles. The van der Waals surface area contributed by atoms with Crippen LogP contribution < -0.4 is 21.5 Å². The highest BCUT2D eigenvalue weighted by molar-refractivity contribution is 5.80. The molecule has 0 fully saturated rings. The van der Waals surface area contributed by atoms with Gasteiger partial charge in [0.2, 0.25) is 5.91 Å². The zero-order valence-electron chi connectivity index (χ0n) is 9.20. The molecule has 5 N–H and O–H groups in total. The number of carbonyl (C=O) groups is 1. The van der Waals surface area contributed by atoms with Gasteiger partial charge in [-0.3, -0.25) is 4.79 Å². The molecular weight excluding hydrogens is 251 g/mol. The van der Waals surface area contributed by atoms with E-state index >= 15 is 0 Å². The lowest BCUT2D eigenvalue weighted by Gasteiger charge is -2.12. The third-order valence-corrected chi connectivity index (χ3v) is 1.96. The van der Waals surface area contributed by atoms with Crippen molar-refractivity contribution in [2.75, 3.05) is 11.9 Å². The predicted molar refractivity (Wildman–Crippen MR) is 58.8 cm³/mol. The number of primary amides is 1. The Morgan fingerprint density at radius 3 is 2.67 bits per heavy atom. The van der Waals surface area contributed by atoms with Crippen LogP contribution in [0, 0.1) is 0 Å². The molecule has 18 heavy (non-hydrogen) atoms. The minimum atomic E-state index is -4.75. The summed E-state index contributed by atoms with van der Waals surface area (Å²) in [6.07, 6.45) is -4.75. The van der Waals surface area contributed by atoms with Crippen molar-refractivity contribution in [1.82, 2.24) is 0 Å². The summed E-state index contributed by atoms with van der Waals surface area (Å²) in [4.78, 5) is 10.7. The van der Waals surface area contributed by atoms with Gasteiger partial charge in [0.25, 0.3) is 0 Å². The summed E-state index contributed by atoms with van der Waals surface area (Å²) >= 11 is 0. The molecule has 1 atom stereocenters. The summed E-state index contributed by atoms with van der Waals surface area (Å²) in [5.74, 6) is -1.06. The Morgan fingerprint density at radius 2 is 2.11 bits per heavy atom. The van der Waals surface area contributed by atoms with E-state index in [9.17, 15) is 18.0 Å². The van der Waals surface area contributed by atoms with Crippen molar-refractivity contribution in [1.29, 1.82) is 0 Å². The fourth-order valence-electron chi connectivity index (χ4n) is 1.13. The van der Waals surface area contributed by atoms with E-state index in [1.807, 2.05) is 0 Å². The second-order valence-corrected chi connectivity index (χ2v) is 3.47.